The number of hydrogen-bond acceptors (Lipinski definition) is 4. The van der Waals surface area contributed by atoms with Crippen molar-refractivity contribution in [3.05, 3.63) is 11.8 Å². The standard InChI is InChI=1S/C10H14N2O3/c1-3-14-10(13)8-4-9-12(11-8)5-7(2)6-15-9/h4,7H,3,5-6H2,1-2H3/t7-/m0/s1. The number of hydrogen-bond donors (Lipinski definition) is 0. The molecule has 1 aromatic rings. The van der Waals surface area contributed by atoms with Crippen molar-refractivity contribution in [1.82, 2.24) is 9.78 Å². The Morgan fingerprint density at radius 1 is 1.80 bits per heavy atom. The lowest BCUT2D eigenvalue weighted by Crippen LogP contribution is -2.23. The predicted molar refractivity (Wildman–Crippen MR) is 52.8 cm³/mol. The molecule has 15 heavy (non-hydrogen) atoms. The Balaban J connectivity index is 2.19. The normalized spacial score (nSPS) is 19.2. The van der Waals surface area contributed by atoms with E-state index in [1.54, 1.807) is 17.7 Å². The van der Waals surface area contributed by atoms with Crippen LogP contribution in [-0.2, 0) is 11.3 Å². The van der Waals surface area contributed by atoms with Crippen LogP contribution in [0.2, 0.25) is 0 Å². The van der Waals surface area contributed by atoms with Crippen molar-refractivity contribution in [2.45, 2.75) is 20.4 Å². The molecule has 0 bridgehead atoms. The fraction of sp³-hybridized carbons (Fsp3) is 0.600. The molecule has 0 aromatic carbocycles. The van der Waals surface area contributed by atoms with Crippen LogP contribution in [0.4, 0.5) is 0 Å². The largest absolute Gasteiger partial charge is 0.477 e. The SMILES string of the molecule is CCOC(=O)c1cc2n(n1)C[C@H](C)CO2. The van der Waals surface area contributed by atoms with Crippen LogP contribution in [0.25, 0.3) is 0 Å². The summed E-state index contributed by atoms with van der Waals surface area (Å²) in [5.41, 5.74) is 0.320. The van der Waals surface area contributed by atoms with Crippen LogP contribution < -0.4 is 4.74 Å². The monoisotopic (exact) mass is 210 g/mol. The van der Waals surface area contributed by atoms with Gasteiger partial charge in [0.2, 0.25) is 5.88 Å². The van der Waals surface area contributed by atoms with E-state index in [-0.39, 0.29) is 0 Å². The van der Waals surface area contributed by atoms with Crippen molar-refractivity contribution >= 4 is 5.97 Å². The average molecular weight is 210 g/mol. The summed E-state index contributed by atoms with van der Waals surface area (Å²) in [5, 5.41) is 4.14. The maximum atomic E-state index is 11.4. The van der Waals surface area contributed by atoms with Crippen LogP contribution in [0.3, 0.4) is 0 Å². The molecule has 5 heteroatoms. The average Bonchev–Trinajstić information content (AvgIpc) is 2.60. The van der Waals surface area contributed by atoms with Crippen molar-refractivity contribution in [1.29, 1.82) is 0 Å². The number of fused-ring (bicyclic) bond motifs is 1. The molecule has 0 spiro atoms. The Bertz CT molecular complexity index is 373. The van der Waals surface area contributed by atoms with Gasteiger partial charge in [-0.2, -0.15) is 5.10 Å². The third-order valence-corrected chi connectivity index (χ3v) is 2.23. The van der Waals surface area contributed by atoms with Crippen LogP contribution in [0.5, 0.6) is 5.88 Å². The first kappa shape index (κ1) is 10.0. The highest BCUT2D eigenvalue weighted by Crippen LogP contribution is 2.21. The van der Waals surface area contributed by atoms with E-state index in [4.69, 9.17) is 9.47 Å². The lowest BCUT2D eigenvalue weighted by atomic mass is 10.2. The molecule has 2 heterocycles. The Labute approximate surface area is 88.0 Å². The summed E-state index contributed by atoms with van der Waals surface area (Å²) < 4.78 is 12.0. The van der Waals surface area contributed by atoms with Crippen molar-refractivity contribution in [2.24, 2.45) is 5.92 Å². The van der Waals surface area contributed by atoms with Crippen molar-refractivity contribution in [3.8, 4) is 5.88 Å². The quantitative estimate of drug-likeness (QED) is 0.685. The number of esters is 1. The Kier molecular flexibility index (Phi) is 2.62. The summed E-state index contributed by atoms with van der Waals surface area (Å²) >= 11 is 0. The summed E-state index contributed by atoms with van der Waals surface area (Å²) in [6.07, 6.45) is 0. The third kappa shape index (κ3) is 1.95. The molecular weight excluding hydrogens is 196 g/mol. The van der Waals surface area contributed by atoms with Crippen molar-refractivity contribution in [3.63, 3.8) is 0 Å². The molecule has 1 atom stereocenters. The molecule has 0 radical (unpaired) electrons. The number of carbonyl (C=O) groups excluding carboxylic acids is 1. The number of aromatic nitrogens is 2. The number of ether oxygens (including phenoxy) is 2. The van der Waals surface area contributed by atoms with Crippen LogP contribution in [0.15, 0.2) is 6.07 Å². The third-order valence-electron chi connectivity index (χ3n) is 2.23. The zero-order valence-corrected chi connectivity index (χ0v) is 8.90. The highest BCUT2D eigenvalue weighted by atomic mass is 16.5. The molecule has 0 N–H and O–H groups in total. The minimum atomic E-state index is -0.393. The second-order valence-corrected chi connectivity index (χ2v) is 3.69. The highest BCUT2D eigenvalue weighted by Gasteiger charge is 2.21. The zero-order chi connectivity index (χ0) is 10.8. The van der Waals surface area contributed by atoms with Gasteiger partial charge in [-0.05, 0) is 6.92 Å². The molecule has 0 aliphatic carbocycles. The van der Waals surface area contributed by atoms with E-state index in [9.17, 15) is 4.79 Å². The first-order valence-electron chi connectivity index (χ1n) is 5.08. The van der Waals surface area contributed by atoms with Gasteiger partial charge in [0, 0.05) is 12.0 Å². The molecule has 0 amide bonds. The molecule has 0 saturated carbocycles. The topological polar surface area (TPSA) is 53.4 Å². The lowest BCUT2D eigenvalue weighted by Gasteiger charge is -2.20. The minimum absolute atomic E-state index is 0.320. The van der Waals surface area contributed by atoms with Gasteiger partial charge in [0.15, 0.2) is 5.69 Å². The summed E-state index contributed by atoms with van der Waals surface area (Å²) in [5.74, 6) is 0.680. The summed E-state index contributed by atoms with van der Waals surface area (Å²) in [7, 11) is 0. The molecule has 0 saturated heterocycles. The maximum absolute atomic E-state index is 11.4. The minimum Gasteiger partial charge on any atom is -0.477 e. The lowest BCUT2D eigenvalue weighted by molar-refractivity contribution is 0.0518. The first-order valence-corrected chi connectivity index (χ1v) is 5.08. The van der Waals surface area contributed by atoms with Crippen molar-refractivity contribution in [2.75, 3.05) is 13.2 Å². The Morgan fingerprint density at radius 2 is 2.60 bits per heavy atom. The summed E-state index contributed by atoms with van der Waals surface area (Å²) in [4.78, 5) is 11.4. The molecule has 82 valence electrons. The van der Waals surface area contributed by atoms with Gasteiger partial charge in [0.05, 0.1) is 19.8 Å². The number of carbonyl (C=O) groups is 1. The van der Waals surface area contributed by atoms with E-state index in [1.165, 1.54) is 0 Å². The number of nitrogens with zero attached hydrogens (tertiary/aromatic N) is 2. The second-order valence-electron chi connectivity index (χ2n) is 3.69. The first-order chi connectivity index (χ1) is 7.20. The smallest absolute Gasteiger partial charge is 0.358 e. The molecule has 0 unspecified atom stereocenters. The van der Waals surface area contributed by atoms with Gasteiger partial charge in [0.1, 0.15) is 0 Å². The molecule has 1 aromatic heterocycles. The maximum Gasteiger partial charge on any atom is 0.358 e. The van der Waals surface area contributed by atoms with E-state index in [2.05, 4.69) is 12.0 Å². The van der Waals surface area contributed by atoms with Crippen LogP contribution in [0.1, 0.15) is 24.3 Å². The fourth-order valence-electron chi connectivity index (χ4n) is 1.53. The molecule has 2 rings (SSSR count). The van der Waals surface area contributed by atoms with Gasteiger partial charge < -0.3 is 9.47 Å². The Morgan fingerprint density at radius 3 is 3.33 bits per heavy atom. The number of rotatable bonds is 2. The van der Waals surface area contributed by atoms with Gasteiger partial charge in [-0.1, -0.05) is 6.92 Å². The van der Waals surface area contributed by atoms with Crippen molar-refractivity contribution < 1.29 is 14.3 Å². The second kappa shape index (κ2) is 3.92. The molecule has 1 aliphatic heterocycles. The van der Waals surface area contributed by atoms with E-state index in [1.807, 2.05) is 0 Å². The molecule has 1 aliphatic rings. The fourth-order valence-corrected chi connectivity index (χ4v) is 1.53. The Hall–Kier alpha value is -1.52. The summed E-state index contributed by atoms with van der Waals surface area (Å²) in [6, 6.07) is 1.63. The van der Waals surface area contributed by atoms with Gasteiger partial charge in [-0.25, -0.2) is 9.48 Å². The van der Waals surface area contributed by atoms with E-state index < -0.39 is 5.97 Å². The molecule has 5 nitrogen and oxygen atoms in total. The molecule has 0 fully saturated rings. The highest BCUT2D eigenvalue weighted by molar-refractivity contribution is 5.87. The van der Waals surface area contributed by atoms with Gasteiger partial charge >= 0.3 is 5.97 Å². The molecular formula is C10H14N2O3. The van der Waals surface area contributed by atoms with E-state index >= 15 is 0 Å². The van der Waals surface area contributed by atoms with Crippen LogP contribution >= 0.6 is 0 Å². The van der Waals surface area contributed by atoms with Gasteiger partial charge in [-0.15, -0.1) is 0 Å². The van der Waals surface area contributed by atoms with E-state index in [0.29, 0.717) is 30.7 Å². The van der Waals surface area contributed by atoms with Crippen LogP contribution in [-0.4, -0.2) is 29.0 Å². The zero-order valence-electron chi connectivity index (χ0n) is 8.90. The summed E-state index contributed by atoms with van der Waals surface area (Å²) in [6.45, 7) is 5.67. The van der Waals surface area contributed by atoms with Gasteiger partial charge in [-0.3, -0.25) is 0 Å². The van der Waals surface area contributed by atoms with E-state index in [0.717, 1.165) is 6.54 Å². The van der Waals surface area contributed by atoms with Crippen LogP contribution in [0, 0.1) is 5.92 Å². The predicted octanol–water partition coefficient (Wildman–Crippen LogP) is 1.09. The van der Waals surface area contributed by atoms with Gasteiger partial charge in [0.25, 0.3) is 0 Å².